The van der Waals surface area contributed by atoms with Crippen molar-refractivity contribution < 1.29 is 4.42 Å². The molecule has 256 valence electrons. The number of furan rings is 1. The summed E-state index contributed by atoms with van der Waals surface area (Å²) < 4.78 is 11.3. The predicted molar refractivity (Wildman–Crippen MR) is 227 cm³/mol. The third-order valence-electron chi connectivity index (χ3n) is 11.9. The van der Waals surface area contributed by atoms with E-state index in [0.29, 0.717) is 11.4 Å². The van der Waals surface area contributed by atoms with Gasteiger partial charge < -0.3 is 13.4 Å². The zero-order valence-electron chi connectivity index (χ0n) is 29.6. The Morgan fingerprint density at radius 2 is 1.25 bits per heavy atom. The molecular formula is C50H30N4O. The van der Waals surface area contributed by atoms with E-state index in [9.17, 15) is 0 Å². The van der Waals surface area contributed by atoms with Gasteiger partial charge in [-0.15, -0.1) is 0 Å². The summed E-state index contributed by atoms with van der Waals surface area (Å²) in [7, 11) is 0. The van der Waals surface area contributed by atoms with Crippen molar-refractivity contribution in [1.82, 2.24) is 18.9 Å². The second kappa shape index (κ2) is 10.7. The van der Waals surface area contributed by atoms with Crippen LogP contribution in [0.1, 0.15) is 12.8 Å². The average molecular weight is 703 g/mol. The summed E-state index contributed by atoms with van der Waals surface area (Å²) in [6, 6.07) is 52.1. The van der Waals surface area contributed by atoms with Gasteiger partial charge in [0.25, 0.3) is 0 Å². The molecule has 12 aromatic rings. The minimum absolute atomic E-state index is 0.669. The molecule has 0 radical (unpaired) electrons. The lowest BCUT2D eigenvalue weighted by Crippen LogP contribution is -2.27. The zero-order valence-corrected chi connectivity index (χ0v) is 29.6. The smallest absolute Gasteiger partial charge is 0.180 e. The first-order valence-corrected chi connectivity index (χ1v) is 19.0. The summed E-state index contributed by atoms with van der Waals surface area (Å²) in [4.78, 5) is 10.3. The molecule has 0 aliphatic heterocycles. The first kappa shape index (κ1) is 29.2. The van der Waals surface area contributed by atoms with Gasteiger partial charge in [-0.05, 0) is 84.3 Å². The number of aromatic nitrogens is 4. The highest BCUT2D eigenvalue weighted by molar-refractivity contribution is 6.31. The molecule has 1 aliphatic rings. The molecule has 1 aliphatic carbocycles. The van der Waals surface area contributed by atoms with Crippen LogP contribution >= 0.6 is 0 Å². The molecule has 5 heteroatoms. The van der Waals surface area contributed by atoms with E-state index >= 15 is 0 Å². The molecule has 55 heavy (non-hydrogen) atoms. The van der Waals surface area contributed by atoms with E-state index in [1.807, 2.05) is 36.4 Å². The van der Waals surface area contributed by atoms with Crippen molar-refractivity contribution >= 4 is 94.0 Å². The van der Waals surface area contributed by atoms with Crippen molar-refractivity contribution in [3.8, 4) is 28.3 Å². The molecule has 0 unspecified atom stereocenters. The molecular weight excluding hydrogens is 673 g/mol. The summed E-state index contributed by atoms with van der Waals surface area (Å²) in [5.41, 5.74) is 11.1. The van der Waals surface area contributed by atoms with Gasteiger partial charge in [0.2, 0.25) is 0 Å². The molecule has 0 spiro atoms. The minimum atomic E-state index is 0.669. The average Bonchev–Trinajstić information content (AvgIpc) is 3.98. The second-order valence-corrected chi connectivity index (χ2v) is 14.8. The summed E-state index contributed by atoms with van der Waals surface area (Å²) >= 11 is 0. The third-order valence-corrected chi connectivity index (χ3v) is 11.9. The van der Waals surface area contributed by atoms with Crippen LogP contribution in [-0.2, 0) is 0 Å². The monoisotopic (exact) mass is 702 g/mol. The fraction of sp³-hybridized carbons (Fsp3) is 0.0400. The lowest BCUT2D eigenvalue weighted by atomic mass is 10.0. The van der Waals surface area contributed by atoms with Crippen molar-refractivity contribution in [2.24, 2.45) is 0 Å². The molecule has 0 fully saturated rings. The van der Waals surface area contributed by atoms with Crippen LogP contribution < -0.4 is 10.6 Å². The summed E-state index contributed by atoms with van der Waals surface area (Å²) in [5, 5.41) is 12.7. The zero-order chi connectivity index (χ0) is 35.8. The van der Waals surface area contributed by atoms with Crippen LogP contribution in [0.3, 0.4) is 0 Å². The molecule has 13 rings (SSSR count). The Morgan fingerprint density at radius 3 is 2.15 bits per heavy atom. The minimum Gasteiger partial charge on any atom is -0.452 e. The first-order valence-electron chi connectivity index (χ1n) is 19.0. The van der Waals surface area contributed by atoms with Gasteiger partial charge in [-0.1, -0.05) is 97.1 Å². The van der Waals surface area contributed by atoms with Crippen LogP contribution in [0.4, 0.5) is 0 Å². The Labute approximate surface area is 313 Å². The van der Waals surface area contributed by atoms with E-state index in [0.717, 1.165) is 51.8 Å². The number of rotatable bonds is 3. The third kappa shape index (κ3) is 3.91. The Hall–Kier alpha value is -7.24. The summed E-state index contributed by atoms with van der Waals surface area (Å²) in [5.74, 6) is 0.669. The molecule has 7 aromatic carbocycles. The highest BCUT2D eigenvalue weighted by Gasteiger charge is 2.23. The number of nitrogens with zero attached hydrogens (tertiary/aromatic N) is 4. The number of hydrogen-bond acceptors (Lipinski definition) is 3. The maximum atomic E-state index is 6.37. The van der Waals surface area contributed by atoms with E-state index in [1.165, 1.54) is 70.3 Å². The Kier molecular flexibility index (Phi) is 5.68. The number of para-hydroxylation sites is 2. The number of benzene rings is 7. The topological polar surface area (TPSA) is 48.3 Å². The van der Waals surface area contributed by atoms with Gasteiger partial charge in [0.15, 0.2) is 11.4 Å². The molecule has 0 bridgehead atoms. The maximum Gasteiger partial charge on any atom is 0.180 e. The van der Waals surface area contributed by atoms with Crippen LogP contribution in [0, 0.1) is 0 Å². The van der Waals surface area contributed by atoms with Crippen LogP contribution in [0.15, 0.2) is 150 Å². The molecule has 0 amide bonds. The van der Waals surface area contributed by atoms with Gasteiger partial charge in [-0.25, -0.2) is 9.97 Å². The summed E-state index contributed by atoms with van der Waals surface area (Å²) in [6.45, 7) is 0. The van der Waals surface area contributed by atoms with Crippen molar-refractivity contribution in [2.75, 3.05) is 0 Å². The van der Waals surface area contributed by atoms with Gasteiger partial charge in [-0.2, -0.15) is 0 Å². The Balaban J connectivity index is 1.07. The molecule has 5 heterocycles. The predicted octanol–water partition coefficient (Wildman–Crippen LogP) is 11.3. The van der Waals surface area contributed by atoms with Gasteiger partial charge in [-0.3, -0.25) is 0 Å². The second-order valence-electron chi connectivity index (χ2n) is 14.8. The van der Waals surface area contributed by atoms with Gasteiger partial charge in [0, 0.05) is 59.7 Å². The lowest BCUT2D eigenvalue weighted by molar-refractivity contribution is 0.667. The largest absolute Gasteiger partial charge is 0.452 e. The summed E-state index contributed by atoms with van der Waals surface area (Å²) in [6.07, 6.45) is 7.02. The highest BCUT2D eigenvalue weighted by Crippen LogP contribution is 2.43. The fourth-order valence-corrected chi connectivity index (χ4v) is 9.49. The molecule has 0 atom stereocenters. The van der Waals surface area contributed by atoms with Crippen molar-refractivity contribution in [3.05, 3.63) is 156 Å². The molecule has 0 saturated carbocycles. The molecule has 0 saturated heterocycles. The standard InChI is InChI=1S/C50H30N4O/c1-2-11-29(12-3-1)46-49-47(36-16-7-9-20-43(36)55-49)52-50(51-46)30-21-23-33(24-22-30)53-40-25-26-41-44(45(40)38-27-31-13-4-5-14-32(31)28-42(38)53)37-18-10-17-35-34-15-6-8-19-39(34)54(41)48(35)37/h1-5,7,9-28H,6,8H2. The number of hydrogen-bond donors (Lipinski definition) is 0. The number of fused-ring (bicyclic) bond motifs is 14. The van der Waals surface area contributed by atoms with Gasteiger partial charge in [0.1, 0.15) is 16.8 Å². The highest BCUT2D eigenvalue weighted by atomic mass is 16.3. The van der Waals surface area contributed by atoms with Crippen LogP contribution in [0.2, 0.25) is 0 Å². The van der Waals surface area contributed by atoms with Crippen LogP contribution in [-0.4, -0.2) is 18.9 Å². The van der Waals surface area contributed by atoms with E-state index in [4.69, 9.17) is 14.4 Å². The van der Waals surface area contributed by atoms with Gasteiger partial charge in [0.05, 0.1) is 22.1 Å². The Bertz CT molecular complexity index is 3700. The van der Waals surface area contributed by atoms with E-state index in [-0.39, 0.29) is 0 Å². The van der Waals surface area contributed by atoms with Crippen molar-refractivity contribution in [2.45, 2.75) is 12.8 Å². The quantitative estimate of drug-likeness (QED) is 0.184. The maximum absolute atomic E-state index is 6.37. The first-order chi connectivity index (χ1) is 27.3. The molecule has 0 N–H and O–H groups in total. The SMILES string of the molecule is C1=c2c(n3c4ccc5c(c6cc7ccccc7cc6n5-c5ccc(-c6nc(-c7ccccc7)c7oc8ccccc8c7n6)cc5)c4c4cccc2c43)=CCC1. The molecule has 5 aromatic heterocycles. The Morgan fingerprint density at radius 1 is 0.527 bits per heavy atom. The van der Waals surface area contributed by atoms with Crippen molar-refractivity contribution in [3.63, 3.8) is 0 Å². The molecule has 5 nitrogen and oxygen atoms in total. The lowest BCUT2D eigenvalue weighted by Gasteiger charge is -2.10. The van der Waals surface area contributed by atoms with E-state index in [2.05, 4.69) is 130 Å². The van der Waals surface area contributed by atoms with Crippen LogP contribution in [0.5, 0.6) is 0 Å². The van der Waals surface area contributed by atoms with Crippen molar-refractivity contribution in [1.29, 1.82) is 0 Å². The van der Waals surface area contributed by atoms with Crippen LogP contribution in [0.25, 0.3) is 122 Å². The van der Waals surface area contributed by atoms with E-state index < -0.39 is 0 Å². The normalized spacial score (nSPS) is 13.2. The van der Waals surface area contributed by atoms with Gasteiger partial charge >= 0.3 is 0 Å². The van der Waals surface area contributed by atoms with E-state index in [1.54, 1.807) is 0 Å². The fourth-order valence-electron chi connectivity index (χ4n) is 9.49.